The lowest BCUT2D eigenvalue weighted by Crippen LogP contribution is -2.36. The summed E-state index contributed by atoms with van der Waals surface area (Å²) >= 11 is 0. The van der Waals surface area contributed by atoms with Crippen LogP contribution >= 0.6 is 14.5 Å². The van der Waals surface area contributed by atoms with Crippen LogP contribution in [0.15, 0.2) is 194 Å². The van der Waals surface area contributed by atoms with E-state index in [0.29, 0.717) is 5.92 Å². The summed E-state index contributed by atoms with van der Waals surface area (Å²) in [5.74, 6) is 2.15. The van der Waals surface area contributed by atoms with Crippen LogP contribution < -0.4 is 31.8 Å². The maximum atomic E-state index is 2.52. The highest BCUT2D eigenvalue weighted by Gasteiger charge is 2.48. The first kappa shape index (κ1) is 39.2. The van der Waals surface area contributed by atoms with E-state index in [-0.39, 0.29) is 0 Å². The van der Waals surface area contributed by atoms with Gasteiger partial charge in [0.25, 0.3) is 0 Å². The first-order valence-corrected chi connectivity index (χ1v) is 25.2. The van der Waals surface area contributed by atoms with Gasteiger partial charge in [-0.25, -0.2) is 0 Å². The first-order valence-electron chi connectivity index (χ1n) is 21.3. The van der Waals surface area contributed by atoms with Crippen molar-refractivity contribution in [2.24, 2.45) is 11.8 Å². The van der Waals surface area contributed by atoms with Gasteiger partial charge in [0.1, 0.15) is 46.4 Å². The van der Waals surface area contributed by atoms with Gasteiger partial charge in [0, 0.05) is 0 Å². The highest BCUT2D eigenvalue weighted by atomic mass is 31.2. The van der Waals surface area contributed by atoms with Crippen molar-refractivity contribution in [1.29, 1.82) is 0 Å². The van der Waals surface area contributed by atoms with E-state index in [9.17, 15) is 0 Å². The molecule has 1 aliphatic carbocycles. The van der Waals surface area contributed by atoms with Crippen LogP contribution in [-0.4, -0.2) is 6.16 Å². The molecule has 2 heteroatoms. The molecule has 0 heterocycles. The average molecular weight is 781 g/mol. The monoisotopic (exact) mass is 780 g/mol. The van der Waals surface area contributed by atoms with Crippen molar-refractivity contribution in [1.82, 2.24) is 0 Å². The molecule has 0 aliphatic heterocycles. The molecule has 7 aromatic carbocycles. The molecule has 0 aromatic heterocycles. The molecule has 57 heavy (non-hydrogen) atoms. The fraction of sp³-hybridized carbons (Fsp3) is 0.236. The van der Waals surface area contributed by atoms with Gasteiger partial charge in [-0.15, -0.1) is 0 Å². The quantitative estimate of drug-likeness (QED) is 0.102. The molecule has 0 N–H and O–H groups in total. The molecule has 1 aliphatic rings. The second-order valence-corrected chi connectivity index (χ2v) is 23.6. The Hall–Kier alpha value is -4.60. The van der Waals surface area contributed by atoms with Crippen molar-refractivity contribution >= 4 is 46.4 Å². The Bertz CT molecular complexity index is 2210. The third-order valence-corrected chi connectivity index (χ3v) is 21.8. The van der Waals surface area contributed by atoms with E-state index in [1.807, 2.05) is 0 Å². The van der Waals surface area contributed by atoms with E-state index in [1.165, 1.54) is 92.3 Å². The van der Waals surface area contributed by atoms with Crippen LogP contribution in [0, 0.1) is 11.8 Å². The van der Waals surface area contributed by atoms with E-state index in [1.54, 1.807) is 0 Å². The molecular weight excluding hydrogens is 723 g/mol. The molecule has 1 saturated carbocycles. The minimum absolute atomic E-state index is 0.512. The predicted molar refractivity (Wildman–Crippen MR) is 254 cm³/mol. The van der Waals surface area contributed by atoms with Gasteiger partial charge >= 0.3 is 0 Å². The van der Waals surface area contributed by atoms with Gasteiger partial charge < -0.3 is 0 Å². The molecule has 286 valence electrons. The summed E-state index contributed by atoms with van der Waals surface area (Å²) in [5, 5.41) is 8.77. The van der Waals surface area contributed by atoms with Crippen LogP contribution in [0.3, 0.4) is 0 Å². The molecule has 0 saturated heterocycles. The topological polar surface area (TPSA) is 0 Å². The van der Waals surface area contributed by atoms with Gasteiger partial charge in [0.15, 0.2) is 0 Å². The van der Waals surface area contributed by atoms with Gasteiger partial charge in [-0.3, -0.25) is 0 Å². The molecule has 0 radical (unpaired) electrons. The highest BCUT2D eigenvalue weighted by molar-refractivity contribution is 7.96. The van der Waals surface area contributed by atoms with E-state index in [0.717, 1.165) is 18.0 Å². The largest absolute Gasteiger partial charge is 0.116 e. The molecule has 1 fully saturated rings. The summed E-state index contributed by atoms with van der Waals surface area (Å²) in [6.45, 7) is 6.94. The Morgan fingerprint density at radius 1 is 0.421 bits per heavy atom. The summed E-state index contributed by atoms with van der Waals surface area (Å²) in [6.07, 6.45) is 8.98. The lowest BCUT2D eigenvalue weighted by molar-refractivity contribution is 0.287. The minimum Gasteiger partial charge on any atom is -0.0651 e. The highest BCUT2D eigenvalue weighted by Crippen LogP contribution is 2.60. The molecular formula is C55H58P2+2. The van der Waals surface area contributed by atoms with Gasteiger partial charge in [-0.05, 0) is 126 Å². The Morgan fingerprint density at radius 3 is 1.33 bits per heavy atom. The van der Waals surface area contributed by atoms with Crippen LogP contribution in [-0.2, 0) is 6.16 Å². The Labute approximate surface area is 344 Å². The third-order valence-electron chi connectivity index (χ3n) is 12.9. The van der Waals surface area contributed by atoms with Crippen molar-refractivity contribution < 1.29 is 0 Å². The number of hydrogen-bond acceptors (Lipinski definition) is 0. The number of rotatable bonds is 13. The number of benzene rings is 7. The van der Waals surface area contributed by atoms with Crippen molar-refractivity contribution in [3.63, 3.8) is 0 Å². The zero-order chi connectivity index (χ0) is 39.1. The summed E-state index contributed by atoms with van der Waals surface area (Å²) in [5.41, 5.74) is 5.35. The van der Waals surface area contributed by atoms with Crippen LogP contribution in [0.5, 0.6) is 0 Å². The van der Waals surface area contributed by atoms with Gasteiger partial charge in [0.05, 0.1) is 12.3 Å². The molecule has 0 bridgehead atoms. The standard InChI is InChI=1S/C55H58P2/c1-4-44-28-30-45(31-29-44)41-56(50-19-9-5-10-20-50,51-21-11-6-12-22-51)54-38-36-48(37-39-54)49-18-17-27-55(40-49)57(52-23-13-7-14-24-52,53-25-15-8-16-26-53)42-46-32-34-47(35-33-46)43(2)3/h5-27,32-40,43-45H,4,28-31,41-42H2,1-3H3/q+2. The van der Waals surface area contributed by atoms with Gasteiger partial charge in [-0.2, -0.15) is 0 Å². The van der Waals surface area contributed by atoms with Gasteiger partial charge in [0.2, 0.25) is 0 Å². The van der Waals surface area contributed by atoms with Crippen molar-refractivity contribution in [2.75, 3.05) is 6.16 Å². The summed E-state index contributed by atoms with van der Waals surface area (Å²) in [7, 11) is -4.02. The molecule has 0 amide bonds. The zero-order valence-corrected chi connectivity index (χ0v) is 35.8. The van der Waals surface area contributed by atoms with E-state index in [2.05, 4.69) is 215 Å². The first-order chi connectivity index (χ1) is 28.0. The average Bonchev–Trinajstić information content (AvgIpc) is 3.29. The van der Waals surface area contributed by atoms with E-state index in [4.69, 9.17) is 0 Å². The lowest BCUT2D eigenvalue weighted by atomic mass is 9.82. The number of hydrogen-bond donors (Lipinski definition) is 0. The fourth-order valence-electron chi connectivity index (χ4n) is 9.54. The van der Waals surface area contributed by atoms with Gasteiger partial charge in [-0.1, -0.05) is 161 Å². The zero-order valence-electron chi connectivity index (χ0n) is 34.1. The summed E-state index contributed by atoms with van der Waals surface area (Å²) in [4.78, 5) is 0. The third kappa shape index (κ3) is 8.24. The smallest absolute Gasteiger partial charge is 0.0651 e. The SMILES string of the molecule is CCC1CCC(C[P+](c2ccccc2)(c2ccccc2)c2ccc(-c3cccc([P+](Cc4ccc(C(C)C)cc4)(c4ccccc4)c4ccccc4)c3)cc2)CC1. The molecule has 7 aromatic rings. The van der Waals surface area contributed by atoms with Crippen LogP contribution in [0.25, 0.3) is 11.1 Å². The maximum absolute atomic E-state index is 2.52. The van der Waals surface area contributed by atoms with E-state index >= 15 is 0 Å². The molecule has 0 unspecified atom stereocenters. The second kappa shape index (κ2) is 17.9. The fourth-order valence-corrected chi connectivity index (χ4v) is 18.5. The van der Waals surface area contributed by atoms with Crippen LogP contribution in [0.1, 0.15) is 69.9 Å². The Kier molecular flexibility index (Phi) is 12.3. The van der Waals surface area contributed by atoms with E-state index < -0.39 is 14.5 Å². The summed E-state index contributed by atoms with van der Waals surface area (Å²) in [6, 6.07) is 74.6. The van der Waals surface area contributed by atoms with Crippen molar-refractivity contribution in [3.05, 3.63) is 205 Å². The predicted octanol–water partition coefficient (Wildman–Crippen LogP) is 12.5. The Morgan fingerprint density at radius 2 is 0.860 bits per heavy atom. The van der Waals surface area contributed by atoms with Crippen molar-refractivity contribution in [2.45, 2.75) is 65.0 Å². The van der Waals surface area contributed by atoms with Crippen LogP contribution in [0.2, 0.25) is 0 Å². The molecule has 0 spiro atoms. The summed E-state index contributed by atoms with van der Waals surface area (Å²) < 4.78 is 0. The normalized spacial score (nSPS) is 16.1. The minimum atomic E-state index is -2.10. The Balaban J connectivity index is 1.23. The maximum Gasteiger partial charge on any atom is 0.116 e. The molecule has 0 atom stereocenters. The van der Waals surface area contributed by atoms with Crippen LogP contribution in [0.4, 0.5) is 0 Å². The second-order valence-electron chi connectivity index (χ2n) is 16.6. The molecule has 8 rings (SSSR count). The van der Waals surface area contributed by atoms with Crippen molar-refractivity contribution in [3.8, 4) is 11.1 Å². The molecule has 0 nitrogen and oxygen atoms in total. The lowest BCUT2D eigenvalue weighted by Gasteiger charge is -2.34.